The van der Waals surface area contributed by atoms with Crippen molar-refractivity contribution in [2.24, 2.45) is 0 Å². The molecule has 3 aromatic rings. The molecule has 9 heteroatoms. The first-order valence-corrected chi connectivity index (χ1v) is 13.3. The van der Waals surface area contributed by atoms with E-state index in [9.17, 15) is 0 Å². The Kier molecular flexibility index (Phi) is 9.00. The number of halogens is 2. The van der Waals surface area contributed by atoms with Crippen LogP contribution in [0.5, 0.6) is 5.75 Å². The average Bonchev–Trinajstić information content (AvgIpc) is 3.13. The van der Waals surface area contributed by atoms with Gasteiger partial charge >= 0.3 is 0 Å². The second-order valence-electron chi connectivity index (χ2n) is 9.17. The predicted molar refractivity (Wildman–Crippen MR) is 148 cm³/mol. The summed E-state index contributed by atoms with van der Waals surface area (Å²) in [6.07, 6.45) is 2.12. The number of nitrogens with zero attached hydrogens (tertiary/aromatic N) is 4. The zero-order chi connectivity index (χ0) is 24.8. The maximum Gasteiger partial charge on any atom is 0.136 e. The molecular formula is C26H36Cl2N6O. The van der Waals surface area contributed by atoms with Crippen LogP contribution in [0.25, 0.3) is 10.9 Å². The van der Waals surface area contributed by atoms with Crippen LogP contribution in [0.1, 0.15) is 26.7 Å². The number of nitrogens with one attached hydrogen (secondary N) is 2. The molecule has 1 saturated heterocycles. The predicted octanol–water partition coefficient (Wildman–Crippen LogP) is 5.87. The number of aromatic nitrogens is 2. The SMILES string of the molecule is CCCN(CCC)c1cc(OCCN2CCN(C)CC2)cc(Nc2ccc3[nH]c(Cl)c(Cl)c3c2)n1. The standard InChI is InChI=1S/C26H36Cl2N6O/c1-4-8-34(9-5-2)24-18-20(35-15-14-33-12-10-32(3)11-13-33)17-23(31-24)29-19-6-7-22-21(16-19)25(27)26(28)30-22/h6-7,16-18,30H,4-5,8-15H2,1-3H3,(H,29,31). The van der Waals surface area contributed by atoms with Crippen LogP contribution in [0.15, 0.2) is 30.3 Å². The lowest BCUT2D eigenvalue weighted by atomic mass is 10.2. The first-order chi connectivity index (χ1) is 17.0. The van der Waals surface area contributed by atoms with Crippen molar-refractivity contribution in [3.8, 4) is 5.75 Å². The van der Waals surface area contributed by atoms with Gasteiger partial charge in [-0.2, -0.15) is 0 Å². The number of hydrogen-bond acceptors (Lipinski definition) is 6. The summed E-state index contributed by atoms with van der Waals surface area (Å²) in [7, 11) is 2.18. The third kappa shape index (κ3) is 6.73. The number of piperazine rings is 1. The van der Waals surface area contributed by atoms with E-state index < -0.39 is 0 Å². The molecule has 1 aliphatic rings. The van der Waals surface area contributed by atoms with E-state index in [-0.39, 0.29) is 0 Å². The van der Waals surface area contributed by atoms with Crippen molar-refractivity contribution in [2.45, 2.75) is 26.7 Å². The minimum atomic E-state index is 0.449. The number of anilines is 3. The van der Waals surface area contributed by atoms with Gasteiger partial charge < -0.3 is 24.8 Å². The van der Waals surface area contributed by atoms with Crippen LogP contribution < -0.4 is 15.0 Å². The molecule has 0 spiro atoms. The van der Waals surface area contributed by atoms with Crippen molar-refractivity contribution >= 4 is 51.4 Å². The largest absolute Gasteiger partial charge is 0.492 e. The normalized spacial score (nSPS) is 15.0. The zero-order valence-corrected chi connectivity index (χ0v) is 22.4. The lowest BCUT2D eigenvalue weighted by Crippen LogP contribution is -2.45. The van der Waals surface area contributed by atoms with Crippen LogP contribution in [0, 0.1) is 0 Å². The number of likely N-dealkylation sites (N-methyl/N-ethyl adjacent to an activating group) is 1. The molecule has 1 fully saturated rings. The number of pyridine rings is 1. The maximum absolute atomic E-state index is 6.37. The van der Waals surface area contributed by atoms with Crippen LogP contribution in [-0.4, -0.2) is 79.2 Å². The maximum atomic E-state index is 6.37. The lowest BCUT2D eigenvalue weighted by molar-refractivity contribution is 0.134. The third-order valence-electron chi connectivity index (χ3n) is 6.33. The molecule has 0 unspecified atom stereocenters. The summed E-state index contributed by atoms with van der Waals surface area (Å²) in [5.74, 6) is 2.50. The Morgan fingerprint density at radius 2 is 1.80 bits per heavy atom. The Morgan fingerprint density at radius 1 is 1.06 bits per heavy atom. The quantitative estimate of drug-likeness (QED) is 0.331. The van der Waals surface area contributed by atoms with Crippen molar-refractivity contribution in [1.29, 1.82) is 0 Å². The summed E-state index contributed by atoms with van der Waals surface area (Å²) in [5, 5.41) is 5.30. The van der Waals surface area contributed by atoms with E-state index in [4.69, 9.17) is 32.9 Å². The molecule has 4 rings (SSSR count). The molecule has 0 saturated carbocycles. The van der Waals surface area contributed by atoms with E-state index in [0.29, 0.717) is 16.8 Å². The first kappa shape index (κ1) is 25.9. The number of benzene rings is 1. The fourth-order valence-electron chi connectivity index (χ4n) is 4.40. The molecule has 7 nitrogen and oxygen atoms in total. The van der Waals surface area contributed by atoms with Gasteiger partial charge in [-0.25, -0.2) is 4.98 Å². The minimum Gasteiger partial charge on any atom is -0.492 e. The number of H-pyrrole nitrogens is 1. The second-order valence-corrected chi connectivity index (χ2v) is 9.92. The summed E-state index contributed by atoms with van der Waals surface area (Å²) >= 11 is 12.5. The Balaban J connectivity index is 1.53. The Morgan fingerprint density at radius 3 is 2.51 bits per heavy atom. The van der Waals surface area contributed by atoms with Crippen molar-refractivity contribution in [2.75, 3.05) is 69.7 Å². The summed E-state index contributed by atoms with van der Waals surface area (Å²) in [4.78, 5) is 15.2. The molecule has 3 heterocycles. The molecule has 0 radical (unpaired) electrons. The van der Waals surface area contributed by atoms with Crippen LogP contribution in [0.2, 0.25) is 10.2 Å². The van der Waals surface area contributed by atoms with Gasteiger partial charge in [0.2, 0.25) is 0 Å². The minimum absolute atomic E-state index is 0.449. The number of rotatable bonds is 11. The van der Waals surface area contributed by atoms with Gasteiger partial charge in [0.15, 0.2) is 0 Å². The molecule has 0 bridgehead atoms. The van der Waals surface area contributed by atoms with E-state index in [1.165, 1.54) is 0 Å². The van der Waals surface area contributed by atoms with Crippen LogP contribution in [0.4, 0.5) is 17.3 Å². The molecule has 0 aliphatic carbocycles. The summed E-state index contributed by atoms with van der Waals surface area (Å²) in [6, 6.07) is 9.97. The lowest BCUT2D eigenvalue weighted by Gasteiger charge is -2.32. The Hall–Kier alpha value is -2.19. The molecule has 2 N–H and O–H groups in total. The number of hydrogen-bond donors (Lipinski definition) is 2. The van der Waals surface area contributed by atoms with E-state index in [0.717, 1.165) is 92.6 Å². The molecule has 190 valence electrons. The highest BCUT2D eigenvalue weighted by Gasteiger charge is 2.15. The number of ether oxygens (including phenoxy) is 1. The molecule has 2 aromatic heterocycles. The second kappa shape index (κ2) is 12.2. The molecule has 35 heavy (non-hydrogen) atoms. The molecule has 0 amide bonds. The Bertz CT molecular complexity index is 1110. The molecular weight excluding hydrogens is 483 g/mol. The monoisotopic (exact) mass is 518 g/mol. The summed E-state index contributed by atoms with van der Waals surface area (Å²) in [5.41, 5.74) is 1.79. The van der Waals surface area contributed by atoms with Crippen LogP contribution in [0.3, 0.4) is 0 Å². The van der Waals surface area contributed by atoms with E-state index in [1.54, 1.807) is 0 Å². The fourth-order valence-corrected chi connectivity index (χ4v) is 4.80. The van der Waals surface area contributed by atoms with Gasteiger partial charge in [-0.3, -0.25) is 4.90 Å². The van der Waals surface area contributed by atoms with Crippen LogP contribution >= 0.6 is 23.2 Å². The third-order valence-corrected chi connectivity index (χ3v) is 7.11. The topological polar surface area (TPSA) is 59.7 Å². The first-order valence-electron chi connectivity index (χ1n) is 12.5. The molecule has 1 aromatic carbocycles. The van der Waals surface area contributed by atoms with E-state index in [1.807, 2.05) is 24.3 Å². The van der Waals surface area contributed by atoms with Crippen molar-refractivity contribution in [1.82, 2.24) is 19.8 Å². The van der Waals surface area contributed by atoms with Gasteiger partial charge in [-0.15, -0.1) is 0 Å². The van der Waals surface area contributed by atoms with Crippen molar-refractivity contribution in [3.05, 3.63) is 40.5 Å². The van der Waals surface area contributed by atoms with Gasteiger partial charge in [0.1, 0.15) is 29.1 Å². The number of fused-ring (bicyclic) bond motifs is 1. The smallest absolute Gasteiger partial charge is 0.136 e. The van der Waals surface area contributed by atoms with Gasteiger partial charge in [0, 0.05) is 74.5 Å². The van der Waals surface area contributed by atoms with Gasteiger partial charge in [-0.1, -0.05) is 37.0 Å². The highest BCUT2D eigenvalue weighted by Crippen LogP contribution is 2.34. The van der Waals surface area contributed by atoms with Crippen LogP contribution in [-0.2, 0) is 0 Å². The van der Waals surface area contributed by atoms with Crippen molar-refractivity contribution < 1.29 is 4.74 Å². The molecule has 1 aliphatic heterocycles. The van der Waals surface area contributed by atoms with Gasteiger partial charge in [-0.05, 0) is 38.1 Å². The van der Waals surface area contributed by atoms with Crippen molar-refractivity contribution in [3.63, 3.8) is 0 Å². The number of aromatic amines is 1. The summed E-state index contributed by atoms with van der Waals surface area (Å²) in [6.45, 7) is 12.3. The van der Waals surface area contributed by atoms with E-state index in [2.05, 4.69) is 52.0 Å². The van der Waals surface area contributed by atoms with Gasteiger partial charge in [0.25, 0.3) is 0 Å². The fraction of sp³-hybridized carbons (Fsp3) is 0.500. The highest BCUT2D eigenvalue weighted by atomic mass is 35.5. The van der Waals surface area contributed by atoms with E-state index >= 15 is 0 Å². The average molecular weight is 520 g/mol. The zero-order valence-electron chi connectivity index (χ0n) is 20.9. The summed E-state index contributed by atoms with van der Waals surface area (Å²) < 4.78 is 6.25. The highest BCUT2D eigenvalue weighted by molar-refractivity contribution is 6.45. The van der Waals surface area contributed by atoms with Gasteiger partial charge in [0.05, 0.1) is 5.02 Å². The Labute approximate surface area is 218 Å². The molecule has 0 atom stereocenters.